The molecule has 5 nitrogen and oxygen atoms in total. The fraction of sp³-hybridized carbons (Fsp3) is 0.778. The smallest absolute Gasteiger partial charge is 0.263 e. The molecule has 0 aromatic carbocycles. The second-order valence-corrected chi connectivity index (χ2v) is 8.37. The molecule has 0 radical (unpaired) electrons. The van der Waals surface area contributed by atoms with Crippen molar-refractivity contribution in [2.45, 2.75) is 58.1 Å². The summed E-state index contributed by atoms with van der Waals surface area (Å²) in [4.78, 5) is 18.0. The van der Waals surface area contributed by atoms with Crippen molar-refractivity contribution in [3.05, 3.63) is 10.6 Å². The highest BCUT2D eigenvalue weighted by Crippen LogP contribution is 2.51. The van der Waals surface area contributed by atoms with Crippen LogP contribution in [0.4, 0.5) is 5.13 Å². The molecule has 1 aromatic heterocycles. The van der Waals surface area contributed by atoms with E-state index in [1.54, 1.807) is 0 Å². The number of carbonyl (C=O) groups excluding carboxylic acids is 1. The van der Waals surface area contributed by atoms with E-state index in [2.05, 4.69) is 15.6 Å². The molecular formula is C18H27N3O2S. The van der Waals surface area contributed by atoms with E-state index in [0.29, 0.717) is 17.9 Å². The van der Waals surface area contributed by atoms with Gasteiger partial charge in [-0.1, -0.05) is 37.0 Å². The Morgan fingerprint density at radius 1 is 1.33 bits per heavy atom. The molecule has 2 saturated carbocycles. The summed E-state index contributed by atoms with van der Waals surface area (Å²) in [7, 11) is 0. The predicted molar refractivity (Wildman–Crippen MR) is 95.6 cm³/mol. The van der Waals surface area contributed by atoms with E-state index in [1.807, 2.05) is 13.8 Å². The minimum absolute atomic E-state index is 0.0486. The molecule has 6 heteroatoms. The van der Waals surface area contributed by atoms with Crippen LogP contribution >= 0.6 is 11.3 Å². The van der Waals surface area contributed by atoms with Gasteiger partial charge in [-0.2, -0.15) is 0 Å². The second-order valence-electron chi connectivity index (χ2n) is 7.37. The molecule has 1 aromatic rings. The van der Waals surface area contributed by atoms with Crippen molar-refractivity contribution in [2.75, 3.05) is 18.5 Å². The lowest BCUT2D eigenvalue weighted by atomic mass is 9.61. The lowest BCUT2D eigenvalue weighted by Gasteiger charge is -2.50. The van der Waals surface area contributed by atoms with Crippen LogP contribution in [0.2, 0.25) is 0 Å². The summed E-state index contributed by atoms with van der Waals surface area (Å²) in [5.74, 6) is 1.81. The van der Waals surface area contributed by atoms with Crippen LogP contribution in [0, 0.1) is 24.7 Å². The molecule has 2 heterocycles. The Kier molecular flexibility index (Phi) is 4.52. The zero-order chi connectivity index (χ0) is 16.7. The standard InChI is InChI=1S/C18H27N3O2S/c1-3-19-18-20-10(2)16(24-18)17(22)21-14-12-8-9-23-15(12)13(14)11-6-4-5-7-11/h11-15H,3-9H2,1-2H3,(H,19,20)(H,21,22)/t12-,13+,14+,15-/m0/s1. The first-order valence-electron chi connectivity index (χ1n) is 9.32. The monoisotopic (exact) mass is 349 g/mol. The number of rotatable bonds is 5. The number of carbonyl (C=O) groups is 1. The molecule has 0 unspecified atom stereocenters. The van der Waals surface area contributed by atoms with Gasteiger partial charge in [0.1, 0.15) is 4.88 Å². The van der Waals surface area contributed by atoms with Gasteiger partial charge in [0.05, 0.1) is 11.8 Å². The van der Waals surface area contributed by atoms with Crippen molar-refractivity contribution in [1.82, 2.24) is 10.3 Å². The van der Waals surface area contributed by atoms with Crippen LogP contribution in [0.1, 0.15) is 54.4 Å². The summed E-state index contributed by atoms with van der Waals surface area (Å²) in [6, 6.07) is 0.289. The molecule has 0 bridgehead atoms. The van der Waals surface area contributed by atoms with Gasteiger partial charge < -0.3 is 15.4 Å². The number of aromatic nitrogens is 1. The van der Waals surface area contributed by atoms with E-state index in [9.17, 15) is 4.79 Å². The van der Waals surface area contributed by atoms with Crippen molar-refractivity contribution in [1.29, 1.82) is 0 Å². The third-order valence-corrected chi connectivity index (χ3v) is 7.13. The summed E-state index contributed by atoms with van der Waals surface area (Å²) in [5, 5.41) is 7.39. The lowest BCUT2D eigenvalue weighted by Crippen LogP contribution is -2.63. The van der Waals surface area contributed by atoms with Crippen molar-refractivity contribution >= 4 is 22.4 Å². The maximum Gasteiger partial charge on any atom is 0.263 e. The van der Waals surface area contributed by atoms with Gasteiger partial charge in [-0.05, 0) is 26.2 Å². The molecule has 2 aliphatic carbocycles. The van der Waals surface area contributed by atoms with E-state index >= 15 is 0 Å². The minimum atomic E-state index is 0.0486. The highest BCUT2D eigenvalue weighted by Gasteiger charge is 2.57. The van der Waals surface area contributed by atoms with Crippen molar-refractivity contribution in [3.63, 3.8) is 0 Å². The number of nitrogens with zero attached hydrogens (tertiary/aromatic N) is 1. The maximum absolute atomic E-state index is 12.8. The van der Waals surface area contributed by atoms with Gasteiger partial charge in [0, 0.05) is 31.0 Å². The zero-order valence-electron chi connectivity index (χ0n) is 14.5. The molecular weight excluding hydrogens is 322 g/mol. The van der Waals surface area contributed by atoms with Gasteiger partial charge in [-0.25, -0.2) is 4.98 Å². The number of anilines is 1. The van der Waals surface area contributed by atoms with E-state index in [-0.39, 0.29) is 11.9 Å². The summed E-state index contributed by atoms with van der Waals surface area (Å²) >= 11 is 1.46. The van der Waals surface area contributed by atoms with Crippen LogP contribution in [-0.2, 0) is 4.74 Å². The SMILES string of the molecule is CCNc1nc(C)c(C(=O)N[C@@H]2[C@@H]3CCO[C@@H]3[C@@H]2C2CCCC2)s1. The van der Waals surface area contributed by atoms with E-state index in [1.165, 1.54) is 37.0 Å². The summed E-state index contributed by atoms with van der Waals surface area (Å²) < 4.78 is 5.98. The molecule has 3 fully saturated rings. The average molecular weight is 350 g/mol. The van der Waals surface area contributed by atoms with Crippen LogP contribution in [0.25, 0.3) is 0 Å². The molecule has 0 spiro atoms. The number of hydrogen-bond donors (Lipinski definition) is 2. The third-order valence-electron chi connectivity index (χ3n) is 6.01. The summed E-state index contributed by atoms with van der Waals surface area (Å²) in [6.45, 7) is 5.64. The largest absolute Gasteiger partial charge is 0.377 e. The Morgan fingerprint density at radius 3 is 2.88 bits per heavy atom. The van der Waals surface area contributed by atoms with Crippen LogP contribution in [0.15, 0.2) is 0 Å². The fourth-order valence-corrected chi connectivity index (χ4v) is 5.85. The minimum Gasteiger partial charge on any atom is -0.377 e. The zero-order valence-corrected chi connectivity index (χ0v) is 15.3. The molecule has 24 heavy (non-hydrogen) atoms. The number of fused-ring (bicyclic) bond motifs is 1. The fourth-order valence-electron chi connectivity index (χ4n) is 4.91. The Hall–Kier alpha value is -1.14. The van der Waals surface area contributed by atoms with Crippen molar-refractivity contribution in [2.24, 2.45) is 17.8 Å². The summed E-state index contributed by atoms with van der Waals surface area (Å²) in [6.07, 6.45) is 6.74. The summed E-state index contributed by atoms with van der Waals surface area (Å²) in [5.41, 5.74) is 0.824. The van der Waals surface area contributed by atoms with E-state index in [4.69, 9.17) is 4.74 Å². The first-order chi connectivity index (χ1) is 11.7. The van der Waals surface area contributed by atoms with Crippen molar-refractivity contribution < 1.29 is 9.53 Å². The van der Waals surface area contributed by atoms with Gasteiger partial charge in [-0.15, -0.1) is 0 Å². The highest BCUT2D eigenvalue weighted by atomic mass is 32.1. The van der Waals surface area contributed by atoms with E-state index < -0.39 is 0 Å². The lowest BCUT2D eigenvalue weighted by molar-refractivity contribution is -0.0784. The van der Waals surface area contributed by atoms with Gasteiger partial charge in [-0.3, -0.25) is 4.79 Å². The van der Waals surface area contributed by atoms with Crippen LogP contribution in [-0.4, -0.2) is 36.2 Å². The number of aryl methyl sites for hydroxylation is 1. The number of thiazole rings is 1. The molecule has 4 atom stereocenters. The average Bonchev–Trinajstić information content (AvgIpc) is 3.27. The number of nitrogens with one attached hydrogen (secondary N) is 2. The third kappa shape index (κ3) is 2.73. The van der Waals surface area contributed by atoms with Gasteiger partial charge in [0.2, 0.25) is 0 Å². The molecule has 132 valence electrons. The van der Waals surface area contributed by atoms with Crippen LogP contribution in [0.3, 0.4) is 0 Å². The number of amides is 1. The quantitative estimate of drug-likeness (QED) is 0.857. The molecule has 1 amide bonds. The van der Waals surface area contributed by atoms with Gasteiger partial charge in [0.25, 0.3) is 5.91 Å². The number of ether oxygens (including phenoxy) is 1. The van der Waals surface area contributed by atoms with Crippen LogP contribution in [0.5, 0.6) is 0 Å². The Bertz CT molecular complexity index is 607. The first-order valence-corrected chi connectivity index (χ1v) is 10.1. The normalized spacial score (nSPS) is 32.4. The van der Waals surface area contributed by atoms with Crippen molar-refractivity contribution in [3.8, 4) is 0 Å². The maximum atomic E-state index is 12.8. The van der Waals surface area contributed by atoms with E-state index in [0.717, 1.165) is 41.2 Å². The first kappa shape index (κ1) is 16.3. The second kappa shape index (κ2) is 6.64. The predicted octanol–water partition coefficient (Wildman–Crippen LogP) is 3.21. The number of hydrogen-bond acceptors (Lipinski definition) is 5. The molecule has 4 rings (SSSR count). The van der Waals surface area contributed by atoms with Gasteiger partial charge in [0.15, 0.2) is 5.13 Å². The topological polar surface area (TPSA) is 63.2 Å². The highest BCUT2D eigenvalue weighted by molar-refractivity contribution is 7.17. The van der Waals surface area contributed by atoms with Crippen LogP contribution < -0.4 is 10.6 Å². The Morgan fingerprint density at radius 2 is 2.12 bits per heavy atom. The molecule has 2 N–H and O–H groups in total. The molecule has 3 aliphatic rings. The Balaban J connectivity index is 1.47. The molecule has 1 aliphatic heterocycles. The Labute approximate surface area is 147 Å². The van der Waals surface area contributed by atoms with Gasteiger partial charge >= 0.3 is 0 Å². The molecule has 1 saturated heterocycles.